The van der Waals surface area contributed by atoms with E-state index in [1.54, 1.807) is 0 Å². The van der Waals surface area contributed by atoms with Crippen LogP contribution in [0.15, 0.2) is 23.1 Å². The van der Waals surface area contributed by atoms with Gasteiger partial charge in [-0.15, -0.1) is 11.8 Å². The number of hydrogen-bond donors (Lipinski definition) is 1. The number of rotatable bonds is 3. The van der Waals surface area contributed by atoms with Crippen molar-refractivity contribution in [1.29, 1.82) is 0 Å². The van der Waals surface area contributed by atoms with Crippen LogP contribution in [-0.4, -0.2) is 5.75 Å². The summed E-state index contributed by atoms with van der Waals surface area (Å²) in [5, 5.41) is 0.786. The average molecular weight is 228 g/mol. The fraction of sp³-hybridized carbons (Fsp3) is 0.455. The number of thioether (sulfide) groups is 1. The summed E-state index contributed by atoms with van der Waals surface area (Å²) in [7, 11) is 0. The Bertz CT molecular complexity index is 323. The van der Waals surface area contributed by atoms with Crippen LogP contribution in [0.2, 0.25) is 5.02 Å². The predicted molar refractivity (Wildman–Crippen MR) is 63.9 cm³/mol. The molecule has 2 rings (SSSR count). The molecule has 1 aliphatic carbocycles. The summed E-state index contributed by atoms with van der Waals surface area (Å²) in [6.07, 6.45) is 4.18. The maximum atomic E-state index is 6.07. The fourth-order valence-corrected chi connectivity index (χ4v) is 2.96. The monoisotopic (exact) mass is 227 g/mol. The molecule has 0 radical (unpaired) electrons. The van der Waals surface area contributed by atoms with Crippen molar-refractivity contribution < 1.29 is 0 Å². The first-order valence-electron chi connectivity index (χ1n) is 4.93. The molecule has 1 saturated carbocycles. The summed E-state index contributed by atoms with van der Waals surface area (Å²) < 4.78 is 0. The highest BCUT2D eigenvalue weighted by Gasteiger charge is 2.17. The minimum Gasteiger partial charge on any atom is -0.399 e. The Morgan fingerprint density at radius 3 is 2.79 bits per heavy atom. The van der Waals surface area contributed by atoms with E-state index in [0.717, 1.165) is 21.5 Å². The van der Waals surface area contributed by atoms with Gasteiger partial charge in [0.1, 0.15) is 0 Å². The number of nitrogen functional groups attached to an aromatic ring is 1. The summed E-state index contributed by atoms with van der Waals surface area (Å²) >= 11 is 7.93. The smallest absolute Gasteiger partial charge is 0.0562 e. The van der Waals surface area contributed by atoms with Crippen molar-refractivity contribution in [3.63, 3.8) is 0 Å². The zero-order valence-corrected chi connectivity index (χ0v) is 9.57. The van der Waals surface area contributed by atoms with Gasteiger partial charge in [0, 0.05) is 16.3 Å². The Morgan fingerprint density at radius 2 is 2.21 bits per heavy atom. The van der Waals surface area contributed by atoms with E-state index in [2.05, 4.69) is 0 Å². The minimum absolute atomic E-state index is 0.739. The van der Waals surface area contributed by atoms with Crippen LogP contribution >= 0.6 is 23.4 Å². The topological polar surface area (TPSA) is 26.0 Å². The molecule has 2 N–H and O–H groups in total. The molecule has 1 nitrogen and oxygen atoms in total. The lowest BCUT2D eigenvalue weighted by Gasteiger charge is -2.24. The van der Waals surface area contributed by atoms with E-state index in [-0.39, 0.29) is 0 Å². The lowest BCUT2D eigenvalue weighted by Crippen LogP contribution is -2.13. The minimum atomic E-state index is 0.739. The average Bonchev–Trinajstić information content (AvgIpc) is 2.05. The zero-order chi connectivity index (χ0) is 9.97. The molecule has 76 valence electrons. The van der Waals surface area contributed by atoms with Crippen molar-refractivity contribution in [3.05, 3.63) is 23.2 Å². The number of benzene rings is 1. The molecule has 0 unspecified atom stereocenters. The Morgan fingerprint density at radius 1 is 1.43 bits per heavy atom. The van der Waals surface area contributed by atoms with Crippen LogP contribution in [0.1, 0.15) is 19.3 Å². The first kappa shape index (κ1) is 10.2. The van der Waals surface area contributed by atoms with Gasteiger partial charge in [-0.25, -0.2) is 0 Å². The molecular formula is C11H14ClNS. The van der Waals surface area contributed by atoms with Gasteiger partial charge in [-0.1, -0.05) is 18.0 Å². The second kappa shape index (κ2) is 4.45. The van der Waals surface area contributed by atoms with Gasteiger partial charge in [0.15, 0.2) is 0 Å². The Balaban J connectivity index is 1.94. The van der Waals surface area contributed by atoms with E-state index < -0.39 is 0 Å². The molecule has 1 fully saturated rings. The molecule has 0 atom stereocenters. The van der Waals surface area contributed by atoms with Crippen molar-refractivity contribution in [2.24, 2.45) is 5.92 Å². The van der Waals surface area contributed by atoms with Crippen molar-refractivity contribution in [1.82, 2.24) is 0 Å². The third-order valence-electron chi connectivity index (χ3n) is 2.66. The van der Waals surface area contributed by atoms with Crippen LogP contribution in [0, 0.1) is 5.92 Å². The summed E-state index contributed by atoms with van der Waals surface area (Å²) in [5.74, 6) is 2.11. The van der Waals surface area contributed by atoms with E-state index in [0.29, 0.717) is 0 Å². The van der Waals surface area contributed by atoms with Gasteiger partial charge in [0.05, 0.1) is 5.02 Å². The number of anilines is 1. The molecule has 0 bridgehead atoms. The largest absolute Gasteiger partial charge is 0.399 e. The molecule has 0 heterocycles. The molecule has 0 aliphatic heterocycles. The van der Waals surface area contributed by atoms with Crippen molar-refractivity contribution in [2.45, 2.75) is 24.2 Å². The van der Waals surface area contributed by atoms with Gasteiger partial charge < -0.3 is 5.73 Å². The highest BCUT2D eigenvalue weighted by molar-refractivity contribution is 7.99. The third-order valence-corrected chi connectivity index (χ3v) is 4.39. The van der Waals surface area contributed by atoms with Crippen molar-refractivity contribution in [2.75, 3.05) is 11.5 Å². The van der Waals surface area contributed by atoms with Crippen LogP contribution < -0.4 is 5.73 Å². The molecule has 0 amide bonds. The first-order valence-corrected chi connectivity index (χ1v) is 6.30. The molecule has 1 aromatic rings. The van der Waals surface area contributed by atoms with Crippen LogP contribution in [0.3, 0.4) is 0 Å². The lowest BCUT2D eigenvalue weighted by atomic mass is 9.87. The summed E-state index contributed by atoms with van der Waals surface area (Å²) in [6, 6.07) is 5.75. The second-order valence-corrected chi connectivity index (χ2v) is 5.27. The second-order valence-electron chi connectivity index (χ2n) is 3.80. The van der Waals surface area contributed by atoms with Crippen LogP contribution in [0.5, 0.6) is 0 Å². The molecule has 1 aliphatic rings. The number of halogens is 1. The molecular weight excluding hydrogens is 214 g/mol. The summed E-state index contributed by atoms with van der Waals surface area (Å²) in [4.78, 5) is 1.16. The standard InChI is InChI=1S/C11H14ClNS/c12-10-6-9(13)4-5-11(10)14-7-8-2-1-3-8/h4-6,8H,1-3,7,13H2. The molecule has 0 spiro atoms. The van der Waals surface area contributed by atoms with Crippen molar-refractivity contribution >= 4 is 29.1 Å². The quantitative estimate of drug-likeness (QED) is 0.628. The SMILES string of the molecule is Nc1ccc(SCC2CCC2)c(Cl)c1. The van der Waals surface area contributed by atoms with Gasteiger partial charge in [0.2, 0.25) is 0 Å². The summed E-state index contributed by atoms with van der Waals surface area (Å²) in [6.45, 7) is 0. The molecule has 0 aromatic heterocycles. The molecule has 1 aromatic carbocycles. The zero-order valence-electron chi connectivity index (χ0n) is 8.00. The van der Waals surface area contributed by atoms with E-state index in [9.17, 15) is 0 Å². The normalized spacial score (nSPS) is 16.6. The highest BCUT2D eigenvalue weighted by atomic mass is 35.5. The van der Waals surface area contributed by atoms with E-state index in [4.69, 9.17) is 17.3 Å². The molecule has 0 saturated heterocycles. The molecule has 14 heavy (non-hydrogen) atoms. The number of hydrogen-bond acceptors (Lipinski definition) is 2. The van der Waals surface area contributed by atoms with Crippen molar-refractivity contribution in [3.8, 4) is 0 Å². The lowest BCUT2D eigenvalue weighted by molar-refractivity contribution is 0.353. The van der Waals surface area contributed by atoms with E-state index in [1.165, 1.54) is 25.0 Å². The van der Waals surface area contributed by atoms with E-state index >= 15 is 0 Å². The summed E-state index contributed by atoms with van der Waals surface area (Å²) in [5.41, 5.74) is 6.37. The van der Waals surface area contributed by atoms with Gasteiger partial charge in [0.25, 0.3) is 0 Å². The van der Waals surface area contributed by atoms with Gasteiger partial charge in [-0.2, -0.15) is 0 Å². The maximum Gasteiger partial charge on any atom is 0.0562 e. The van der Waals surface area contributed by atoms with Crippen LogP contribution in [0.4, 0.5) is 5.69 Å². The van der Waals surface area contributed by atoms with E-state index in [1.807, 2.05) is 30.0 Å². The third kappa shape index (κ3) is 2.37. The first-order chi connectivity index (χ1) is 6.75. The fourth-order valence-electron chi connectivity index (χ4n) is 1.50. The van der Waals surface area contributed by atoms with Gasteiger partial charge >= 0.3 is 0 Å². The van der Waals surface area contributed by atoms with Gasteiger partial charge in [-0.3, -0.25) is 0 Å². The molecule has 3 heteroatoms. The Kier molecular flexibility index (Phi) is 3.24. The van der Waals surface area contributed by atoms with Crippen LogP contribution in [0.25, 0.3) is 0 Å². The Hall–Kier alpha value is -0.340. The van der Waals surface area contributed by atoms with Crippen LogP contribution in [-0.2, 0) is 0 Å². The Labute approximate surface area is 94.0 Å². The highest BCUT2D eigenvalue weighted by Crippen LogP contribution is 2.35. The van der Waals surface area contributed by atoms with Gasteiger partial charge in [-0.05, 0) is 37.0 Å². The number of nitrogens with two attached hydrogens (primary N) is 1. The predicted octanol–water partition coefficient (Wildman–Crippen LogP) is 3.81. The maximum absolute atomic E-state index is 6.07.